The molecule has 6 rings (SSSR count). The Labute approximate surface area is 146 Å². The summed E-state index contributed by atoms with van der Waals surface area (Å²) in [6.07, 6.45) is 4.69. The lowest BCUT2D eigenvalue weighted by molar-refractivity contribution is 0.0901. The second kappa shape index (κ2) is 4.54. The molecular weight excluding hydrogens is 308 g/mol. The summed E-state index contributed by atoms with van der Waals surface area (Å²) in [6.45, 7) is 0. The molecule has 2 heterocycles. The number of anilines is 1. The summed E-state index contributed by atoms with van der Waals surface area (Å²) < 4.78 is 0. The fourth-order valence-electron chi connectivity index (χ4n) is 4.72. The highest BCUT2D eigenvalue weighted by Crippen LogP contribution is 2.57. The first kappa shape index (κ1) is 13.7. The zero-order valence-corrected chi connectivity index (χ0v) is 14.0. The van der Waals surface area contributed by atoms with Crippen LogP contribution in [0.4, 0.5) is 5.69 Å². The zero-order chi connectivity index (χ0) is 16.6. The van der Waals surface area contributed by atoms with Crippen molar-refractivity contribution in [3.8, 4) is 0 Å². The van der Waals surface area contributed by atoms with Crippen LogP contribution in [0, 0.1) is 5.92 Å². The minimum atomic E-state index is -0.582. The van der Waals surface area contributed by atoms with Crippen molar-refractivity contribution < 1.29 is 4.79 Å². The highest BCUT2D eigenvalue weighted by atomic mass is 16.1. The molecule has 1 unspecified atom stereocenters. The molecule has 2 aromatic carbocycles. The summed E-state index contributed by atoms with van der Waals surface area (Å²) in [5.41, 5.74) is 4.94. The number of carbonyl (C=O) groups is 1. The second-order valence-electron chi connectivity index (χ2n) is 7.82. The Morgan fingerprint density at radius 1 is 0.920 bits per heavy atom. The first-order chi connectivity index (χ1) is 12.3. The first-order valence-corrected chi connectivity index (χ1v) is 9.32. The van der Waals surface area contributed by atoms with E-state index in [4.69, 9.17) is 0 Å². The van der Waals surface area contributed by atoms with Crippen LogP contribution in [-0.4, -0.2) is 10.8 Å². The maximum atomic E-state index is 13.7. The minimum absolute atomic E-state index is 0.261. The monoisotopic (exact) mass is 328 g/mol. The van der Waals surface area contributed by atoms with Crippen LogP contribution < -0.4 is 5.32 Å². The van der Waals surface area contributed by atoms with Crippen LogP contribution in [0.5, 0.6) is 0 Å². The largest absolute Gasteiger partial charge is 0.368 e. The Morgan fingerprint density at radius 3 is 2.44 bits per heavy atom. The Morgan fingerprint density at radius 2 is 1.68 bits per heavy atom. The minimum Gasteiger partial charge on any atom is -0.368 e. The Kier molecular flexibility index (Phi) is 2.49. The lowest BCUT2D eigenvalue weighted by atomic mass is 9.79. The number of carbonyl (C=O) groups excluding carboxylic acids is 1. The van der Waals surface area contributed by atoms with E-state index in [2.05, 4.69) is 34.6 Å². The third kappa shape index (κ3) is 1.73. The van der Waals surface area contributed by atoms with E-state index in [-0.39, 0.29) is 5.78 Å². The van der Waals surface area contributed by atoms with Gasteiger partial charge in [-0.1, -0.05) is 30.3 Å². The highest BCUT2D eigenvalue weighted by Gasteiger charge is 2.58. The molecule has 0 bridgehead atoms. The predicted octanol–water partition coefficient (Wildman–Crippen LogP) is 4.96. The van der Waals surface area contributed by atoms with Gasteiger partial charge < -0.3 is 10.3 Å². The number of para-hydroxylation sites is 2. The van der Waals surface area contributed by atoms with Crippen LogP contribution in [0.25, 0.3) is 10.9 Å². The van der Waals surface area contributed by atoms with Crippen molar-refractivity contribution in [2.45, 2.75) is 37.1 Å². The average molecular weight is 328 g/mol. The van der Waals surface area contributed by atoms with Gasteiger partial charge in [-0.2, -0.15) is 0 Å². The van der Waals surface area contributed by atoms with Crippen molar-refractivity contribution in [2.24, 2.45) is 5.92 Å². The summed E-state index contributed by atoms with van der Waals surface area (Å²) in [7, 11) is 0. The smallest absolute Gasteiger partial charge is 0.195 e. The lowest BCUT2D eigenvalue weighted by Crippen LogP contribution is -2.41. The summed E-state index contributed by atoms with van der Waals surface area (Å²) in [5, 5.41) is 4.92. The van der Waals surface area contributed by atoms with Crippen LogP contribution in [0.2, 0.25) is 0 Å². The van der Waals surface area contributed by atoms with Gasteiger partial charge in [-0.15, -0.1) is 0 Å². The van der Waals surface area contributed by atoms with Crippen LogP contribution in [0.15, 0.2) is 48.5 Å². The molecule has 0 saturated heterocycles. The van der Waals surface area contributed by atoms with E-state index in [1.54, 1.807) is 0 Å². The summed E-state index contributed by atoms with van der Waals surface area (Å²) in [6, 6.07) is 16.5. The number of Topliss-reactive ketones (excluding diaryl/α,β-unsaturated/α-hetero) is 1. The van der Waals surface area contributed by atoms with Gasteiger partial charge in [-0.25, -0.2) is 0 Å². The van der Waals surface area contributed by atoms with Crippen LogP contribution in [0.1, 0.15) is 53.2 Å². The van der Waals surface area contributed by atoms with Gasteiger partial charge in [0.1, 0.15) is 5.54 Å². The van der Waals surface area contributed by atoms with E-state index in [9.17, 15) is 4.79 Å². The number of rotatable bonds is 3. The number of H-pyrrole nitrogens is 1. The number of fused-ring (bicyclic) bond motifs is 2. The number of ketones is 1. The summed E-state index contributed by atoms with van der Waals surface area (Å²) in [4.78, 5) is 17.3. The molecule has 0 spiro atoms. The molecule has 0 radical (unpaired) electrons. The molecule has 1 atom stereocenters. The van der Waals surface area contributed by atoms with Gasteiger partial charge in [0.15, 0.2) is 5.78 Å². The number of aromatic amines is 1. The van der Waals surface area contributed by atoms with Crippen molar-refractivity contribution in [1.29, 1.82) is 0 Å². The van der Waals surface area contributed by atoms with Gasteiger partial charge in [0.05, 0.1) is 0 Å². The Hall–Kier alpha value is -2.55. The van der Waals surface area contributed by atoms with Crippen molar-refractivity contribution in [2.75, 3.05) is 5.32 Å². The van der Waals surface area contributed by atoms with Crippen LogP contribution >= 0.6 is 0 Å². The number of benzene rings is 2. The van der Waals surface area contributed by atoms with Gasteiger partial charge >= 0.3 is 0 Å². The van der Waals surface area contributed by atoms with Gasteiger partial charge in [-0.05, 0) is 55.7 Å². The van der Waals surface area contributed by atoms with Gasteiger partial charge in [0.2, 0.25) is 0 Å². The normalized spacial score (nSPS) is 25.2. The summed E-state index contributed by atoms with van der Waals surface area (Å²) in [5.74, 6) is 1.23. The van der Waals surface area contributed by atoms with E-state index in [1.165, 1.54) is 29.5 Å². The Balaban J connectivity index is 1.66. The third-order valence-electron chi connectivity index (χ3n) is 6.17. The molecule has 1 aliphatic heterocycles. The van der Waals surface area contributed by atoms with Gasteiger partial charge in [-0.3, -0.25) is 4.79 Å². The molecule has 0 amide bonds. The molecule has 2 N–H and O–H groups in total. The maximum absolute atomic E-state index is 13.7. The maximum Gasteiger partial charge on any atom is 0.195 e. The number of hydrogen-bond donors (Lipinski definition) is 2. The molecule has 3 aromatic rings. The van der Waals surface area contributed by atoms with E-state index in [1.807, 2.05) is 24.3 Å². The third-order valence-corrected chi connectivity index (χ3v) is 6.17. The lowest BCUT2D eigenvalue weighted by Gasteiger charge is -2.30. The van der Waals surface area contributed by atoms with E-state index < -0.39 is 5.54 Å². The van der Waals surface area contributed by atoms with Crippen LogP contribution in [-0.2, 0) is 5.54 Å². The molecule has 124 valence electrons. The molecule has 1 aromatic heterocycles. The van der Waals surface area contributed by atoms with E-state index in [0.717, 1.165) is 29.6 Å². The standard InChI is InChI=1S/C22H20N2O/c25-21-16-6-2-4-8-18(16)24-22(21,14-11-12-14)19-15-5-1-3-7-17(15)23-20(19)13-9-10-13/h1-8,13-14,23-24H,9-12H2. The molecule has 2 aliphatic carbocycles. The fraction of sp³-hybridized carbons (Fsp3) is 0.318. The molecule has 2 saturated carbocycles. The molecule has 2 fully saturated rings. The summed E-state index contributed by atoms with van der Waals surface area (Å²) >= 11 is 0. The van der Waals surface area contributed by atoms with Crippen LogP contribution in [0.3, 0.4) is 0 Å². The number of nitrogens with one attached hydrogen (secondary N) is 2. The molecule has 3 heteroatoms. The number of aromatic nitrogens is 1. The van der Waals surface area contributed by atoms with Gasteiger partial charge in [0, 0.05) is 33.4 Å². The quantitative estimate of drug-likeness (QED) is 0.714. The van der Waals surface area contributed by atoms with Crippen molar-refractivity contribution in [3.05, 3.63) is 65.4 Å². The van der Waals surface area contributed by atoms with Crippen molar-refractivity contribution >= 4 is 22.4 Å². The highest BCUT2D eigenvalue weighted by molar-refractivity contribution is 6.16. The van der Waals surface area contributed by atoms with E-state index in [0.29, 0.717) is 11.8 Å². The molecule has 3 aliphatic rings. The Bertz CT molecular complexity index is 1030. The fourth-order valence-corrected chi connectivity index (χ4v) is 4.72. The topological polar surface area (TPSA) is 44.9 Å². The van der Waals surface area contributed by atoms with Crippen molar-refractivity contribution in [1.82, 2.24) is 4.98 Å². The zero-order valence-electron chi connectivity index (χ0n) is 14.0. The first-order valence-electron chi connectivity index (χ1n) is 9.32. The average Bonchev–Trinajstić information content (AvgIpc) is 3.56. The molecule has 3 nitrogen and oxygen atoms in total. The SMILES string of the molecule is O=C1c2ccccc2NC1(c1c(C2CC2)[nH]c2ccccc12)C1CC1. The number of hydrogen-bond acceptors (Lipinski definition) is 2. The van der Waals surface area contributed by atoms with Gasteiger partial charge in [0.25, 0.3) is 0 Å². The molecular formula is C22H20N2O. The predicted molar refractivity (Wildman–Crippen MR) is 99.1 cm³/mol. The molecule has 25 heavy (non-hydrogen) atoms. The second-order valence-corrected chi connectivity index (χ2v) is 7.82. The van der Waals surface area contributed by atoms with Crippen molar-refractivity contribution in [3.63, 3.8) is 0 Å². The van der Waals surface area contributed by atoms with E-state index >= 15 is 0 Å².